The van der Waals surface area contributed by atoms with Crippen molar-refractivity contribution >= 4 is 11.7 Å². The lowest BCUT2D eigenvalue weighted by atomic mass is 10.1. The third kappa shape index (κ3) is 5.66. The molecule has 0 saturated carbocycles. The van der Waals surface area contributed by atoms with Crippen molar-refractivity contribution in [3.05, 3.63) is 71.0 Å². The Morgan fingerprint density at radius 1 is 1.04 bits per heavy atom. The molecule has 4 heteroatoms. The highest BCUT2D eigenvalue weighted by molar-refractivity contribution is 5.96. The van der Waals surface area contributed by atoms with E-state index in [4.69, 9.17) is 0 Å². The van der Waals surface area contributed by atoms with Crippen LogP contribution in [0.3, 0.4) is 0 Å². The molecule has 0 bridgehead atoms. The third-order valence-corrected chi connectivity index (χ3v) is 3.55. The first-order valence-electron chi connectivity index (χ1n) is 7.65. The summed E-state index contributed by atoms with van der Waals surface area (Å²) in [5.41, 5.74) is 2.69. The Balaban J connectivity index is 1.70. The fraction of sp³-hybridized carbons (Fsp3) is 0.263. The summed E-state index contributed by atoms with van der Waals surface area (Å²) >= 11 is 0. The predicted octanol–water partition coefficient (Wildman–Crippen LogP) is 3.80. The number of amides is 1. The Morgan fingerprint density at radius 2 is 1.78 bits per heavy atom. The molecule has 2 aromatic rings. The summed E-state index contributed by atoms with van der Waals surface area (Å²) in [7, 11) is 0. The summed E-state index contributed by atoms with van der Waals surface area (Å²) in [4.78, 5) is 23.7. The highest BCUT2D eigenvalue weighted by atomic mass is 19.1. The van der Waals surface area contributed by atoms with E-state index < -0.39 is 0 Å². The molecule has 0 radical (unpaired) electrons. The van der Waals surface area contributed by atoms with Crippen LogP contribution in [0.1, 0.15) is 40.7 Å². The second kappa shape index (κ2) is 8.22. The van der Waals surface area contributed by atoms with Crippen LogP contribution in [-0.2, 0) is 11.3 Å². The van der Waals surface area contributed by atoms with Gasteiger partial charge in [-0.2, -0.15) is 0 Å². The van der Waals surface area contributed by atoms with Crippen LogP contribution in [0.2, 0.25) is 0 Å². The first-order chi connectivity index (χ1) is 11.0. The second-order valence-corrected chi connectivity index (χ2v) is 5.55. The zero-order valence-electron chi connectivity index (χ0n) is 13.1. The van der Waals surface area contributed by atoms with Crippen LogP contribution in [0.5, 0.6) is 0 Å². The second-order valence-electron chi connectivity index (χ2n) is 5.55. The van der Waals surface area contributed by atoms with E-state index >= 15 is 0 Å². The SMILES string of the molecule is Cc1cccc(CNC(=O)CCCC(=O)c2ccc(F)cc2)c1. The summed E-state index contributed by atoms with van der Waals surface area (Å²) in [5.74, 6) is -0.507. The molecule has 23 heavy (non-hydrogen) atoms. The Hall–Kier alpha value is -2.49. The van der Waals surface area contributed by atoms with E-state index in [9.17, 15) is 14.0 Å². The third-order valence-electron chi connectivity index (χ3n) is 3.55. The molecule has 0 aliphatic carbocycles. The van der Waals surface area contributed by atoms with Crippen LogP contribution in [0.15, 0.2) is 48.5 Å². The van der Waals surface area contributed by atoms with Crippen LogP contribution in [-0.4, -0.2) is 11.7 Å². The van der Waals surface area contributed by atoms with E-state index in [0.717, 1.165) is 11.1 Å². The molecule has 3 nitrogen and oxygen atoms in total. The van der Waals surface area contributed by atoms with Crippen molar-refractivity contribution in [2.45, 2.75) is 32.7 Å². The number of Topliss-reactive ketones (excluding diaryl/α,β-unsaturated/α-hetero) is 1. The first kappa shape index (κ1) is 16.9. The molecular formula is C19H20FNO2. The molecule has 1 N–H and O–H groups in total. The van der Waals surface area contributed by atoms with E-state index in [0.29, 0.717) is 24.9 Å². The molecule has 1 amide bonds. The maximum Gasteiger partial charge on any atom is 0.220 e. The molecule has 0 saturated heterocycles. The van der Waals surface area contributed by atoms with Crippen molar-refractivity contribution in [2.24, 2.45) is 0 Å². The molecule has 0 atom stereocenters. The molecule has 0 aliphatic heterocycles. The number of nitrogens with one attached hydrogen (secondary N) is 1. The van der Waals surface area contributed by atoms with Gasteiger partial charge in [0.1, 0.15) is 5.82 Å². The zero-order chi connectivity index (χ0) is 16.7. The monoisotopic (exact) mass is 313 g/mol. The quantitative estimate of drug-likeness (QED) is 0.790. The number of carbonyl (C=O) groups excluding carboxylic acids is 2. The number of halogens is 1. The molecule has 0 heterocycles. The molecule has 2 aromatic carbocycles. The van der Waals surface area contributed by atoms with E-state index in [1.54, 1.807) is 0 Å². The van der Waals surface area contributed by atoms with Crippen molar-refractivity contribution in [1.82, 2.24) is 5.32 Å². The van der Waals surface area contributed by atoms with Crippen LogP contribution in [0.25, 0.3) is 0 Å². The van der Waals surface area contributed by atoms with Crippen molar-refractivity contribution in [1.29, 1.82) is 0 Å². The molecule has 120 valence electrons. The van der Waals surface area contributed by atoms with E-state index in [2.05, 4.69) is 5.32 Å². The van der Waals surface area contributed by atoms with Gasteiger partial charge in [0, 0.05) is 24.9 Å². The zero-order valence-corrected chi connectivity index (χ0v) is 13.1. The standard InChI is InChI=1S/C19H20FNO2/c1-14-4-2-5-15(12-14)13-21-19(23)7-3-6-18(22)16-8-10-17(20)11-9-16/h2,4-5,8-12H,3,6-7,13H2,1H3,(H,21,23). The summed E-state index contributed by atoms with van der Waals surface area (Å²) in [6, 6.07) is 13.4. The van der Waals surface area contributed by atoms with Gasteiger partial charge in [-0.3, -0.25) is 9.59 Å². The van der Waals surface area contributed by atoms with E-state index in [-0.39, 0.29) is 23.9 Å². The Bertz CT molecular complexity index is 680. The van der Waals surface area contributed by atoms with Gasteiger partial charge < -0.3 is 5.32 Å². The van der Waals surface area contributed by atoms with Crippen molar-refractivity contribution < 1.29 is 14.0 Å². The largest absolute Gasteiger partial charge is 0.352 e. The van der Waals surface area contributed by atoms with Crippen molar-refractivity contribution in [3.63, 3.8) is 0 Å². The van der Waals surface area contributed by atoms with Gasteiger partial charge in [0.15, 0.2) is 5.78 Å². The molecule has 2 rings (SSSR count). The highest BCUT2D eigenvalue weighted by Gasteiger charge is 2.08. The van der Waals surface area contributed by atoms with Gasteiger partial charge in [0.2, 0.25) is 5.91 Å². The van der Waals surface area contributed by atoms with Gasteiger partial charge in [-0.25, -0.2) is 4.39 Å². The van der Waals surface area contributed by atoms with Gasteiger partial charge in [0.25, 0.3) is 0 Å². The van der Waals surface area contributed by atoms with Crippen LogP contribution in [0, 0.1) is 12.7 Å². The number of aryl methyl sites for hydroxylation is 1. The molecule has 0 spiro atoms. The van der Waals surface area contributed by atoms with Crippen molar-refractivity contribution in [2.75, 3.05) is 0 Å². The Kier molecular flexibility index (Phi) is 6.03. The maximum atomic E-state index is 12.8. The molecule has 0 aromatic heterocycles. The summed E-state index contributed by atoms with van der Waals surface area (Å²) in [5, 5.41) is 2.85. The van der Waals surface area contributed by atoms with Gasteiger partial charge in [-0.05, 0) is 43.2 Å². The number of hydrogen-bond donors (Lipinski definition) is 1. The molecular weight excluding hydrogens is 293 g/mol. The average Bonchev–Trinajstić information content (AvgIpc) is 2.53. The Labute approximate surface area is 135 Å². The number of ketones is 1. The topological polar surface area (TPSA) is 46.2 Å². The lowest BCUT2D eigenvalue weighted by molar-refractivity contribution is -0.121. The Morgan fingerprint density at radius 3 is 2.48 bits per heavy atom. The van der Waals surface area contributed by atoms with Crippen LogP contribution < -0.4 is 5.32 Å². The number of hydrogen-bond acceptors (Lipinski definition) is 2. The summed E-state index contributed by atoms with van der Waals surface area (Å²) < 4.78 is 12.8. The normalized spacial score (nSPS) is 10.3. The highest BCUT2D eigenvalue weighted by Crippen LogP contribution is 2.09. The fourth-order valence-corrected chi connectivity index (χ4v) is 2.30. The van der Waals surface area contributed by atoms with E-state index in [1.165, 1.54) is 24.3 Å². The van der Waals surface area contributed by atoms with Crippen LogP contribution >= 0.6 is 0 Å². The van der Waals surface area contributed by atoms with Gasteiger partial charge in [-0.15, -0.1) is 0 Å². The fourth-order valence-electron chi connectivity index (χ4n) is 2.30. The minimum absolute atomic E-state index is 0.0709. The number of carbonyl (C=O) groups is 2. The molecule has 0 aliphatic rings. The van der Waals surface area contributed by atoms with Gasteiger partial charge >= 0.3 is 0 Å². The van der Waals surface area contributed by atoms with Crippen molar-refractivity contribution in [3.8, 4) is 0 Å². The summed E-state index contributed by atoms with van der Waals surface area (Å²) in [6.07, 6.45) is 1.07. The lowest BCUT2D eigenvalue weighted by Gasteiger charge is -2.06. The minimum atomic E-state index is -0.364. The van der Waals surface area contributed by atoms with E-state index in [1.807, 2.05) is 31.2 Å². The molecule has 0 unspecified atom stereocenters. The van der Waals surface area contributed by atoms with Crippen LogP contribution in [0.4, 0.5) is 4.39 Å². The van der Waals surface area contributed by atoms with Gasteiger partial charge in [-0.1, -0.05) is 29.8 Å². The maximum absolute atomic E-state index is 12.8. The number of benzene rings is 2. The smallest absolute Gasteiger partial charge is 0.220 e. The van der Waals surface area contributed by atoms with Gasteiger partial charge in [0.05, 0.1) is 0 Å². The average molecular weight is 313 g/mol. The minimum Gasteiger partial charge on any atom is -0.352 e. The first-order valence-corrected chi connectivity index (χ1v) is 7.65. The number of rotatable bonds is 7. The lowest BCUT2D eigenvalue weighted by Crippen LogP contribution is -2.22. The summed E-state index contributed by atoms with van der Waals surface area (Å²) in [6.45, 7) is 2.50. The molecule has 0 fully saturated rings. The predicted molar refractivity (Wildman–Crippen MR) is 87.6 cm³/mol.